The van der Waals surface area contributed by atoms with Gasteiger partial charge in [0.1, 0.15) is 11.9 Å². The fourth-order valence-corrected chi connectivity index (χ4v) is 4.31. The molecule has 148 valence electrons. The second-order valence-electron chi connectivity index (χ2n) is 7.08. The molecule has 2 heterocycles. The number of carbonyl (C=O) groups is 1. The molecule has 2 aromatic carbocycles. The number of amides is 1. The number of aliphatic imine (C=N–C) groups is 2. The molecule has 7 nitrogen and oxygen atoms in total. The number of nitrogens with zero attached hydrogens (tertiary/aromatic N) is 4. The first kappa shape index (κ1) is 19.3. The van der Waals surface area contributed by atoms with Crippen molar-refractivity contribution < 1.29 is 9.72 Å². The second kappa shape index (κ2) is 7.79. The van der Waals surface area contributed by atoms with Crippen LogP contribution < -0.4 is 0 Å². The van der Waals surface area contributed by atoms with Gasteiger partial charge in [0.25, 0.3) is 11.6 Å². The number of carbonyl (C=O) groups excluding carboxylic acids is 1. The summed E-state index contributed by atoms with van der Waals surface area (Å²) >= 11 is 1.39. The zero-order valence-electron chi connectivity index (χ0n) is 16.1. The van der Waals surface area contributed by atoms with E-state index in [0.29, 0.717) is 16.8 Å². The van der Waals surface area contributed by atoms with E-state index in [1.54, 1.807) is 17.0 Å². The van der Waals surface area contributed by atoms with Crippen LogP contribution in [0.15, 0.2) is 58.5 Å². The molecule has 4 rings (SSSR count). The zero-order valence-corrected chi connectivity index (χ0v) is 16.9. The Morgan fingerprint density at radius 1 is 1.24 bits per heavy atom. The first-order chi connectivity index (χ1) is 14.0. The molecule has 2 atom stereocenters. The second-order valence-corrected chi connectivity index (χ2v) is 8.03. The molecular formula is C21H20N4O3S. The van der Waals surface area contributed by atoms with Crippen LogP contribution in [0.2, 0.25) is 0 Å². The van der Waals surface area contributed by atoms with Crippen LogP contribution in [0.5, 0.6) is 0 Å². The number of non-ortho nitro benzene ring substituents is 1. The highest BCUT2D eigenvalue weighted by molar-refractivity contribution is 8.13. The summed E-state index contributed by atoms with van der Waals surface area (Å²) in [6.07, 6.45) is 0.857. The van der Waals surface area contributed by atoms with Gasteiger partial charge >= 0.3 is 0 Å². The quantitative estimate of drug-likeness (QED) is 0.537. The van der Waals surface area contributed by atoms with Gasteiger partial charge in [-0.2, -0.15) is 0 Å². The third-order valence-corrected chi connectivity index (χ3v) is 6.18. The van der Waals surface area contributed by atoms with Gasteiger partial charge in [-0.1, -0.05) is 56.3 Å². The number of para-hydroxylation sites is 1. The molecule has 0 aromatic heterocycles. The Morgan fingerprint density at radius 2 is 2.03 bits per heavy atom. The van der Waals surface area contributed by atoms with Crippen molar-refractivity contribution >= 4 is 40.0 Å². The third-order valence-electron chi connectivity index (χ3n) is 5.17. The molecule has 0 saturated heterocycles. The van der Waals surface area contributed by atoms with Gasteiger partial charge in [0.05, 0.1) is 10.6 Å². The molecule has 2 unspecified atom stereocenters. The van der Waals surface area contributed by atoms with Crippen molar-refractivity contribution in [3.8, 4) is 0 Å². The predicted molar refractivity (Wildman–Crippen MR) is 115 cm³/mol. The number of hydrogen-bond donors (Lipinski definition) is 0. The Morgan fingerprint density at radius 3 is 2.79 bits per heavy atom. The van der Waals surface area contributed by atoms with E-state index in [1.165, 1.54) is 17.8 Å². The highest BCUT2D eigenvalue weighted by atomic mass is 32.2. The van der Waals surface area contributed by atoms with Crippen molar-refractivity contribution in [2.45, 2.75) is 32.1 Å². The lowest BCUT2D eigenvalue weighted by molar-refractivity contribution is -0.384. The topological polar surface area (TPSA) is 88.2 Å². The van der Waals surface area contributed by atoms with Crippen LogP contribution in [0.25, 0.3) is 0 Å². The number of nitro benzene ring substituents is 1. The summed E-state index contributed by atoms with van der Waals surface area (Å²) in [6.45, 7) is 4.08. The fraction of sp³-hybridized carbons (Fsp3) is 0.286. The third kappa shape index (κ3) is 3.55. The molecule has 0 saturated carbocycles. The molecule has 2 aliphatic rings. The smallest absolute Gasteiger partial charge is 0.269 e. The van der Waals surface area contributed by atoms with Gasteiger partial charge in [0.2, 0.25) is 0 Å². The minimum atomic E-state index is -0.412. The Labute approximate surface area is 172 Å². The molecule has 2 aromatic rings. The van der Waals surface area contributed by atoms with E-state index >= 15 is 0 Å². The van der Waals surface area contributed by atoms with E-state index in [1.807, 2.05) is 37.3 Å². The number of thioether (sulfide) groups is 1. The number of nitro groups is 1. The van der Waals surface area contributed by atoms with Gasteiger partial charge in [-0.25, -0.2) is 9.89 Å². The summed E-state index contributed by atoms with van der Waals surface area (Å²) in [5, 5.41) is 11.6. The van der Waals surface area contributed by atoms with Gasteiger partial charge in [0, 0.05) is 23.4 Å². The zero-order chi connectivity index (χ0) is 20.5. The van der Waals surface area contributed by atoms with Gasteiger partial charge in [0.15, 0.2) is 5.17 Å². The van der Waals surface area contributed by atoms with Gasteiger partial charge < -0.3 is 0 Å². The number of rotatable bonds is 5. The van der Waals surface area contributed by atoms with Crippen molar-refractivity contribution in [3.05, 3.63) is 69.8 Å². The van der Waals surface area contributed by atoms with Gasteiger partial charge in [-0.15, -0.1) is 0 Å². The predicted octanol–water partition coefficient (Wildman–Crippen LogP) is 4.53. The first-order valence-corrected chi connectivity index (χ1v) is 10.4. The van der Waals surface area contributed by atoms with Crippen LogP contribution in [-0.2, 0) is 10.5 Å². The van der Waals surface area contributed by atoms with E-state index in [2.05, 4.69) is 6.92 Å². The molecule has 0 bridgehead atoms. The van der Waals surface area contributed by atoms with Crippen molar-refractivity contribution in [2.75, 3.05) is 0 Å². The van der Waals surface area contributed by atoms with Crippen molar-refractivity contribution in [1.82, 2.24) is 4.90 Å². The minimum Gasteiger partial charge on any atom is -0.271 e. The van der Waals surface area contributed by atoms with Crippen LogP contribution in [-0.4, -0.2) is 32.8 Å². The maximum absolute atomic E-state index is 13.1. The normalized spacial score (nSPS) is 18.6. The Balaban J connectivity index is 1.66. The summed E-state index contributed by atoms with van der Waals surface area (Å²) in [4.78, 5) is 34.8. The van der Waals surface area contributed by atoms with E-state index in [0.717, 1.165) is 23.2 Å². The fourth-order valence-electron chi connectivity index (χ4n) is 3.37. The maximum Gasteiger partial charge on any atom is 0.269 e. The number of hydrogen-bond acceptors (Lipinski definition) is 6. The molecule has 29 heavy (non-hydrogen) atoms. The van der Waals surface area contributed by atoms with Crippen LogP contribution in [0.3, 0.4) is 0 Å². The van der Waals surface area contributed by atoms with E-state index in [-0.39, 0.29) is 17.5 Å². The van der Waals surface area contributed by atoms with Crippen molar-refractivity contribution in [1.29, 1.82) is 0 Å². The molecular weight excluding hydrogens is 388 g/mol. The summed E-state index contributed by atoms with van der Waals surface area (Å²) in [6, 6.07) is 13.8. The SMILES string of the molecule is CCC(C)C1N=C2c3ccccc3N=C(SCc3cccc([N+](=O)[O-])c3)N2C1=O. The molecule has 0 N–H and O–H groups in total. The van der Waals surface area contributed by atoms with E-state index < -0.39 is 11.0 Å². The number of benzene rings is 2. The first-order valence-electron chi connectivity index (χ1n) is 9.45. The van der Waals surface area contributed by atoms with Crippen LogP contribution in [0.4, 0.5) is 11.4 Å². The Kier molecular flexibility index (Phi) is 5.19. The lowest BCUT2D eigenvalue weighted by atomic mass is 10.00. The largest absolute Gasteiger partial charge is 0.271 e. The van der Waals surface area contributed by atoms with Gasteiger partial charge in [-0.3, -0.25) is 19.9 Å². The highest BCUT2D eigenvalue weighted by Gasteiger charge is 2.42. The molecule has 0 fully saturated rings. The standard InChI is InChI=1S/C21H20N4O3S/c1-3-13(2)18-20(26)24-19(23-18)16-9-4-5-10-17(16)22-21(24)29-12-14-7-6-8-15(11-14)25(27)28/h4-11,13,18H,3,12H2,1-2H3. The summed E-state index contributed by atoms with van der Waals surface area (Å²) < 4.78 is 0. The van der Waals surface area contributed by atoms with Crippen molar-refractivity contribution in [3.63, 3.8) is 0 Å². The van der Waals surface area contributed by atoms with Crippen LogP contribution in [0, 0.1) is 16.0 Å². The molecule has 8 heteroatoms. The highest BCUT2D eigenvalue weighted by Crippen LogP contribution is 2.36. The summed E-state index contributed by atoms with van der Waals surface area (Å²) in [5.74, 6) is 1.19. The molecule has 0 radical (unpaired) electrons. The Bertz CT molecular complexity index is 1050. The van der Waals surface area contributed by atoms with E-state index in [9.17, 15) is 14.9 Å². The van der Waals surface area contributed by atoms with E-state index in [4.69, 9.17) is 9.98 Å². The lowest BCUT2D eigenvalue weighted by Crippen LogP contribution is -2.42. The Hall–Kier alpha value is -3.00. The van der Waals surface area contributed by atoms with Crippen LogP contribution in [0.1, 0.15) is 31.4 Å². The van der Waals surface area contributed by atoms with Gasteiger partial charge in [-0.05, 0) is 23.6 Å². The lowest BCUT2D eigenvalue weighted by Gasteiger charge is -2.26. The molecule has 0 aliphatic carbocycles. The molecule has 2 aliphatic heterocycles. The summed E-state index contributed by atoms with van der Waals surface area (Å²) in [7, 11) is 0. The maximum atomic E-state index is 13.1. The monoisotopic (exact) mass is 408 g/mol. The molecule has 0 spiro atoms. The average Bonchev–Trinajstić information content (AvgIpc) is 3.09. The van der Waals surface area contributed by atoms with Crippen molar-refractivity contribution in [2.24, 2.45) is 15.9 Å². The molecule has 1 amide bonds. The average molecular weight is 408 g/mol. The number of amidine groups is 2. The number of fused-ring (bicyclic) bond motifs is 3. The van der Waals surface area contributed by atoms with Crippen LogP contribution >= 0.6 is 11.8 Å². The summed E-state index contributed by atoms with van der Waals surface area (Å²) in [5.41, 5.74) is 2.48. The minimum absolute atomic E-state index is 0.0513.